The van der Waals surface area contributed by atoms with Gasteiger partial charge in [-0.3, -0.25) is 14.5 Å². The zero-order valence-electron chi connectivity index (χ0n) is 18.4. The fourth-order valence-electron chi connectivity index (χ4n) is 3.87. The molecule has 1 unspecified atom stereocenters. The maximum Gasteiger partial charge on any atom is 0.300 e. The number of carbonyl (C=O) groups is 2. The number of hydrogen-bond acceptors (Lipinski definition) is 5. The smallest absolute Gasteiger partial charge is 0.300 e. The maximum absolute atomic E-state index is 14.9. The van der Waals surface area contributed by atoms with Crippen LogP contribution in [0.5, 0.6) is 5.75 Å². The zero-order chi connectivity index (χ0) is 24.2. The molecular formula is C27H21FN2O4. The van der Waals surface area contributed by atoms with Crippen molar-refractivity contribution in [1.82, 2.24) is 0 Å². The lowest BCUT2D eigenvalue weighted by molar-refractivity contribution is -0.132. The van der Waals surface area contributed by atoms with Crippen molar-refractivity contribution in [3.05, 3.63) is 101 Å². The van der Waals surface area contributed by atoms with Crippen LogP contribution >= 0.6 is 0 Å². The standard InChI is InChI=1S/C27H21FN2O4/c1-2-15-34-20-13-9-18(10-14-20)25(31)23-24(21-5-3-4-6-22(21)28)30(27(33)26(23)32)19-11-7-17(16-29)8-12-19/h3-14,24,31H,2,15H2,1H3/b25-23-. The van der Waals surface area contributed by atoms with Crippen LogP contribution in [-0.4, -0.2) is 23.4 Å². The van der Waals surface area contributed by atoms with Gasteiger partial charge in [0.1, 0.15) is 17.3 Å². The summed E-state index contributed by atoms with van der Waals surface area (Å²) in [4.78, 5) is 27.4. The van der Waals surface area contributed by atoms with Gasteiger partial charge in [0.05, 0.1) is 29.9 Å². The first-order valence-corrected chi connectivity index (χ1v) is 10.7. The lowest BCUT2D eigenvalue weighted by Crippen LogP contribution is -2.29. The van der Waals surface area contributed by atoms with Crippen molar-refractivity contribution in [3.63, 3.8) is 0 Å². The van der Waals surface area contributed by atoms with Crippen LogP contribution in [0.25, 0.3) is 5.76 Å². The number of Topliss-reactive ketones (excluding diaryl/α,β-unsaturated/α-hetero) is 1. The minimum atomic E-state index is -1.19. The second-order valence-electron chi connectivity index (χ2n) is 7.72. The number of aliphatic hydroxyl groups is 1. The highest BCUT2D eigenvalue weighted by Crippen LogP contribution is 2.43. The summed E-state index contributed by atoms with van der Waals surface area (Å²) < 4.78 is 20.5. The van der Waals surface area contributed by atoms with Gasteiger partial charge in [0.15, 0.2) is 0 Å². The number of ketones is 1. The zero-order valence-corrected chi connectivity index (χ0v) is 18.4. The van der Waals surface area contributed by atoms with Crippen molar-refractivity contribution < 1.29 is 23.8 Å². The first kappa shape index (κ1) is 22.7. The first-order chi connectivity index (χ1) is 16.5. The molecule has 1 amide bonds. The summed E-state index contributed by atoms with van der Waals surface area (Å²) in [6.07, 6.45) is 0.836. The van der Waals surface area contributed by atoms with Gasteiger partial charge in [-0.2, -0.15) is 5.26 Å². The molecule has 1 atom stereocenters. The van der Waals surface area contributed by atoms with E-state index in [0.29, 0.717) is 29.2 Å². The highest BCUT2D eigenvalue weighted by atomic mass is 19.1. The molecule has 0 aromatic heterocycles. The van der Waals surface area contributed by atoms with Crippen LogP contribution < -0.4 is 9.64 Å². The molecule has 6 nitrogen and oxygen atoms in total. The number of aliphatic hydroxyl groups excluding tert-OH is 1. The molecule has 1 aliphatic rings. The van der Waals surface area contributed by atoms with Crippen molar-refractivity contribution in [1.29, 1.82) is 5.26 Å². The molecule has 1 heterocycles. The molecule has 1 saturated heterocycles. The van der Waals surface area contributed by atoms with E-state index in [-0.39, 0.29) is 11.1 Å². The van der Waals surface area contributed by atoms with Crippen LogP contribution in [-0.2, 0) is 9.59 Å². The number of rotatable bonds is 6. The van der Waals surface area contributed by atoms with E-state index in [9.17, 15) is 19.1 Å². The van der Waals surface area contributed by atoms with Gasteiger partial charge in [-0.15, -0.1) is 0 Å². The summed E-state index contributed by atoms with van der Waals surface area (Å²) in [6, 6.07) is 19.1. The van der Waals surface area contributed by atoms with Crippen LogP contribution in [0.4, 0.5) is 10.1 Å². The number of nitrogens with zero attached hydrogens (tertiary/aromatic N) is 2. The molecule has 3 aromatic rings. The summed E-state index contributed by atoms with van der Waals surface area (Å²) >= 11 is 0. The highest BCUT2D eigenvalue weighted by Gasteiger charge is 2.47. The summed E-state index contributed by atoms with van der Waals surface area (Å²) in [5.41, 5.74) is 0.810. The van der Waals surface area contributed by atoms with Gasteiger partial charge >= 0.3 is 0 Å². The minimum absolute atomic E-state index is 0.0653. The molecule has 1 N–H and O–H groups in total. The molecule has 1 aliphatic heterocycles. The van der Waals surface area contributed by atoms with Gasteiger partial charge in [-0.1, -0.05) is 25.1 Å². The predicted molar refractivity (Wildman–Crippen MR) is 125 cm³/mol. The molecule has 0 saturated carbocycles. The molecule has 1 fully saturated rings. The summed E-state index contributed by atoms with van der Waals surface area (Å²) in [5.74, 6) is -2.27. The Hall–Kier alpha value is -4.44. The highest BCUT2D eigenvalue weighted by molar-refractivity contribution is 6.51. The van der Waals surface area contributed by atoms with E-state index in [4.69, 9.17) is 10.00 Å². The van der Waals surface area contributed by atoms with Crippen molar-refractivity contribution in [3.8, 4) is 11.8 Å². The molecule has 34 heavy (non-hydrogen) atoms. The average Bonchev–Trinajstić information content (AvgIpc) is 3.13. The molecule has 0 radical (unpaired) electrons. The summed E-state index contributed by atoms with van der Waals surface area (Å²) in [7, 11) is 0. The Morgan fingerprint density at radius 1 is 1.06 bits per heavy atom. The van der Waals surface area contributed by atoms with Crippen LogP contribution in [0.15, 0.2) is 78.4 Å². The quantitative estimate of drug-likeness (QED) is 0.316. The van der Waals surface area contributed by atoms with E-state index in [0.717, 1.165) is 11.3 Å². The van der Waals surface area contributed by atoms with Gasteiger partial charge in [0.25, 0.3) is 11.7 Å². The fraction of sp³-hybridized carbons (Fsp3) is 0.148. The van der Waals surface area contributed by atoms with E-state index in [1.165, 1.54) is 42.5 Å². The molecule has 170 valence electrons. The lowest BCUT2D eigenvalue weighted by atomic mass is 9.94. The molecule has 4 rings (SSSR count). The number of anilines is 1. The second-order valence-corrected chi connectivity index (χ2v) is 7.72. The Kier molecular flexibility index (Phi) is 6.42. The van der Waals surface area contributed by atoms with Crippen LogP contribution in [0.1, 0.15) is 36.1 Å². The molecule has 0 spiro atoms. The van der Waals surface area contributed by atoms with Crippen molar-refractivity contribution in [2.24, 2.45) is 0 Å². The minimum Gasteiger partial charge on any atom is -0.507 e. The number of amides is 1. The molecule has 0 bridgehead atoms. The summed E-state index contributed by atoms with van der Waals surface area (Å²) in [5, 5.41) is 20.2. The van der Waals surface area contributed by atoms with Gasteiger partial charge in [0, 0.05) is 16.8 Å². The number of hydrogen-bond donors (Lipinski definition) is 1. The van der Waals surface area contributed by atoms with Crippen LogP contribution in [0, 0.1) is 17.1 Å². The number of halogens is 1. The van der Waals surface area contributed by atoms with Gasteiger partial charge in [0.2, 0.25) is 0 Å². The van der Waals surface area contributed by atoms with Gasteiger partial charge in [-0.05, 0) is 61.0 Å². The third kappa shape index (κ3) is 4.14. The Balaban J connectivity index is 1.86. The Morgan fingerprint density at radius 3 is 2.35 bits per heavy atom. The Bertz CT molecular complexity index is 1310. The monoisotopic (exact) mass is 456 g/mol. The van der Waals surface area contributed by atoms with E-state index in [1.54, 1.807) is 30.3 Å². The first-order valence-electron chi connectivity index (χ1n) is 10.7. The largest absolute Gasteiger partial charge is 0.507 e. The summed E-state index contributed by atoms with van der Waals surface area (Å²) in [6.45, 7) is 2.52. The molecule has 0 aliphatic carbocycles. The third-order valence-electron chi connectivity index (χ3n) is 5.52. The van der Waals surface area contributed by atoms with Crippen molar-refractivity contribution in [2.45, 2.75) is 19.4 Å². The van der Waals surface area contributed by atoms with E-state index in [2.05, 4.69) is 0 Å². The van der Waals surface area contributed by atoms with Crippen LogP contribution in [0.3, 0.4) is 0 Å². The van der Waals surface area contributed by atoms with Crippen LogP contribution in [0.2, 0.25) is 0 Å². The number of benzene rings is 3. The van der Waals surface area contributed by atoms with Crippen molar-refractivity contribution in [2.75, 3.05) is 11.5 Å². The number of carbonyl (C=O) groups excluding carboxylic acids is 2. The fourth-order valence-corrected chi connectivity index (χ4v) is 3.87. The van der Waals surface area contributed by atoms with Gasteiger partial charge in [-0.25, -0.2) is 4.39 Å². The van der Waals surface area contributed by atoms with E-state index in [1.807, 2.05) is 13.0 Å². The maximum atomic E-state index is 14.9. The normalized spacial score (nSPS) is 17.0. The molecular weight excluding hydrogens is 435 g/mol. The lowest BCUT2D eigenvalue weighted by Gasteiger charge is -2.25. The number of ether oxygens (including phenoxy) is 1. The average molecular weight is 456 g/mol. The topological polar surface area (TPSA) is 90.6 Å². The van der Waals surface area contributed by atoms with Crippen molar-refractivity contribution >= 4 is 23.1 Å². The van der Waals surface area contributed by atoms with E-state index >= 15 is 0 Å². The SMILES string of the molecule is CCCOc1ccc(/C(O)=C2/C(=O)C(=O)N(c3ccc(C#N)cc3)C2c2ccccc2F)cc1. The molecule has 3 aromatic carbocycles. The van der Waals surface area contributed by atoms with E-state index < -0.39 is 29.3 Å². The number of nitriles is 1. The third-order valence-corrected chi connectivity index (χ3v) is 5.52. The second kappa shape index (κ2) is 9.59. The Labute approximate surface area is 196 Å². The van der Waals surface area contributed by atoms with Gasteiger partial charge < -0.3 is 9.84 Å². The predicted octanol–water partition coefficient (Wildman–Crippen LogP) is 5.11. The molecule has 7 heteroatoms. The Morgan fingerprint density at radius 2 is 1.74 bits per heavy atom.